The Morgan fingerprint density at radius 2 is 2.00 bits per heavy atom. The molecule has 0 unspecified atom stereocenters. The molecule has 0 atom stereocenters. The second-order valence-corrected chi connectivity index (χ2v) is 5.24. The number of aromatic amines is 1. The van der Waals surface area contributed by atoms with Gasteiger partial charge in [-0.2, -0.15) is 0 Å². The fraction of sp³-hybridized carbons (Fsp3) is 0.133. The quantitative estimate of drug-likeness (QED) is 0.438. The topological polar surface area (TPSA) is 80.5 Å². The van der Waals surface area contributed by atoms with E-state index in [1.165, 1.54) is 11.9 Å². The lowest BCUT2D eigenvalue weighted by Crippen LogP contribution is -1.93. The summed E-state index contributed by atoms with van der Waals surface area (Å²) < 4.78 is 0. The number of hydrogen-bond donors (Lipinski definition) is 2. The first kappa shape index (κ1) is 13.6. The van der Waals surface area contributed by atoms with Gasteiger partial charge in [-0.25, -0.2) is 15.0 Å². The summed E-state index contributed by atoms with van der Waals surface area (Å²) in [7, 11) is 0. The van der Waals surface area contributed by atoms with Crippen molar-refractivity contribution in [1.29, 1.82) is 0 Å². The van der Waals surface area contributed by atoms with Gasteiger partial charge in [0.15, 0.2) is 5.65 Å². The second kappa shape index (κ2) is 6.39. The van der Waals surface area contributed by atoms with Crippen LogP contribution < -0.4 is 5.73 Å². The summed E-state index contributed by atoms with van der Waals surface area (Å²) in [6.07, 6.45) is 3.17. The van der Waals surface area contributed by atoms with Crippen LogP contribution in [0.3, 0.4) is 0 Å². The molecule has 5 nitrogen and oxygen atoms in total. The minimum Gasteiger partial charge on any atom is -0.341 e. The fourth-order valence-corrected chi connectivity index (χ4v) is 2.75. The Balaban J connectivity index is 1.71. The largest absolute Gasteiger partial charge is 0.341 e. The van der Waals surface area contributed by atoms with E-state index in [2.05, 4.69) is 43.9 Å². The fourth-order valence-electron chi connectivity index (χ4n) is 1.84. The molecule has 0 bridgehead atoms. The SMILES string of the molecule is NCC#Cc1ccc(CSc2ncnc3nc[nH]c23)cc1. The molecule has 0 aliphatic rings. The number of fused-ring (bicyclic) bond motifs is 1. The van der Waals surface area contributed by atoms with Gasteiger partial charge in [-0.3, -0.25) is 0 Å². The molecule has 0 fully saturated rings. The average Bonchev–Trinajstić information content (AvgIpc) is 3.01. The first-order valence-electron chi connectivity index (χ1n) is 6.41. The van der Waals surface area contributed by atoms with E-state index in [1.54, 1.807) is 18.1 Å². The third kappa shape index (κ3) is 3.21. The van der Waals surface area contributed by atoms with Crippen molar-refractivity contribution in [1.82, 2.24) is 19.9 Å². The molecule has 0 saturated heterocycles. The van der Waals surface area contributed by atoms with Crippen molar-refractivity contribution in [3.05, 3.63) is 48.0 Å². The summed E-state index contributed by atoms with van der Waals surface area (Å²) in [5.41, 5.74) is 9.13. The highest BCUT2D eigenvalue weighted by molar-refractivity contribution is 7.98. The third-order valence-corrected chi connectivity index (χ3v) is 3.91. The van der Waals surface area contributed by atoms with Crippen molar-refractivity contribution in [2.24, 2.45) is 5.73 Å². The van der Waals surface area contributed by atoms with Gasteiger partial charge in [0, 0.05) is 11.3 Å². The lowest BCUT2D eigenvalue weighted by atomic mass is 10.1. The maximum absolute atomic E-state index is 5.36. The molecule has 2 aromatic heterocycles. The number of aromatic nitrogens is 4. The van der Waals surface area contributed by atoms with Crippen LogP contribution in [0.1, 0.15) is 11.1 Å². The Kier molecular flexibility index (Phi) is 4.15. The van der Waals surface area contributed by atoms with Gasteiger partial charge < -0.3 is 10.7 Å². The number of nitrogens with zero attached hydrogens (tertiary/aromatic N) is 3. The van der Waals surface area contributed by atoms with Crippen LogP contribution >= 0.6 is 11.8 Å². The van der Waals surface area contributed by atoms with Crippen LogP contribution in [0.5, 0.6) is 0 Å². The van der Waals surface area contributed by atoms with Gasteiger partial charge in [-0.1, -0.05) is 35.7 Å². The molecule has 3 N–H and O–H groups in total. The molecule has 0 spiro atoms. The molecular weight excluding hydrogens is 282 g/mol. The van der Waals surface area contributed by atoms with E-state index < -0.39 is 0 Å². The zero-order chi connectivity index (χ0) is 14.5. The maximum atomic E-state index is 5.36. The Morgan fingerprint density at radius 1 is 1.14 bits per heavy atom. The van der Waals surface area contributed by atoms with Crippen LogP contribution in [0.15, 0.2) is 41.9 Å². The van der Waals surface area contributed by atoms with Gasteiger partial charge in [0.1, 0.15) is 16.9 Å². The monoisotopic (exact) mass is 295 g/mol. The van der Waals surface area contributed by atoms with Crippen molar-refractivity contribution >= 4 is 22.9 Å². The molecule has 0 saturated carbocycles. The highest BCUT2D eigenvalue weighted by Gasteiger charge is 2.06. The molecule has 0 radical (unpaired) electrons. The number of H-pyrrole nitrogens is 1. The molecule has 6 heteroatoms. The van der Waals surface area contributed by atoms with Crippen LogP contribution in [0.25, 0.3) is 11.2 Å². The molecule has 0 aliphatic carbocycles. The van der Waals surface area contributed by atoms with E-state index >= 15 is 0 Å². The van der Waals surface area contributed by atoms with E-state index in [9.17, 15) is 0 Å². The zero-order valence-corrected chi connectivity index (χ0v) is 12.0. The minimum atomic E-state index is 0.380. The smallest absolute Gasteiger partial charge is 0.181 e. The predicted molar refractivity (Wildman–Crippen MR) is 83.6 cm³/mol. The Bertz CT molecular complexity index is 798. The van der Waals surface area contributed by atoms with Crippen LogP contribution in [0.2, 0.25) is 0 Å². The van der Waals surface area contributed by atoms with Crippen molar-refractivity contribution < 1.29 is 0 Å². The Hall–Kier alpha value is -2.36. The number of benzene rings is 1. The van der Waals surface area contributed by atoms with Crippen LogP contribution in [0, 0.1) is 11.8 Å². The van der Waals surface area contributed by atoms with Gasteiger partial charge in [0.05, 0.1) is 12.9 Å². The Labute approximate surface area is 126 Å². The number of thioether (sulfide) groups is 1. The number of hydrogen-bond acceptors (Lipinski definition) is 5. The van der Waals surface area contributed by atoms with E-state index in [1.807, 2.05) is 12.1 Å². The summed E-state index contributed by atoms with van der Waals surface area (Å²) in [5, 5.41) is 0.907. The van der Waals surface area contributed by atoms with E-state index in [0.717, 1.165) is 21.9 Å². The number of nitrogens with two attached hydrogens (primary N) is 1. The van der Waals surface area contributed by atoms with Gasteiger partial charge in [-0.05, 0) is 17.7 Å². The number of nitrogens with one attached hydrogen (secondary N) is 1. The van der Waals surface area contributed by atoms with E-state index in [4.69, 9.17) is 5.73 Å². The van der Waals surface area contributed by atoms with Crippen LogP contribution in [-0.4, -0.2) is 26.5 Å². The van der Waals surface area contributed by atoms with Crippen molar-refractivity contribution in [2.75, 3.05) is 6.54 Å². The highest BCUT2D eigenvalue weighted by atomic mass is 32.2. The molecule has 3 rings (SSSR count). The first-order chi connectivity index (χ1) is 10.4. The van der Waals surface area contributed by atoms with Gasteiger partial charge in [-0.15, -0.1) is 0 Å². The third-order valence-electron chi connectivity index (χ3n) is 2.85. The molecule has 0 amide bonds. The standard InChI is InChI=1S/C15H13N5S/c16-7-1-2-11-3-5-12(6-4-11)8-21-15-13-14(18-9-17-13)19-10-20-15/h3-6,9-10H,7-8,16H2,(H,17,18,19,20). The van der Waals surface area contributed by atoms with Gasteiger partial charge in [0.25, 0.3) is 0 Å². The summed E-state index contributed by atoms with van der Waals surface area (Å²) >= 11 is 1.65. The average molecular weight is 295 g/mol. The molecule has 1 aromatic carbocycles. The van der Waals surface area contributed by atoms with Crippen molar-refractivity contribution in [2.45, 2.75) is 10.8 Å². The van der Waals surface area contributed by atoms with E-state index in [-0.39, 0.29) is 0 Å². The zero-order valence-electron chi connectivity index (χ0n) is 11.2. The number of rotatable bonds is 3. The Morgan fingerprint density at radius 3 is 2.81 bits per heavy atom. The van der Waals surface area contributed by atoms with Crippen molar-refractivity contribution in [3.63, 3.8) is 0 Å². The normalized spacial score (nSPS) is 10.3. The molecule has 0 aliphatic heterocycles. The minimum absolute atomic E-state index is 0.380. The summed E-state index contributed by atoms with van der Waals surface area (Å²) in [6, 6.07) is 8.15. The summed E-state index contributed by atoms with van der Waals surface area (Å²) in [6.45, 7) is 0.380. The van der Waals surface area contributed by atoms with Gasteiger partial charge >= 0.3 is 0 Å². The van der Waals surface area contributed by atoms with Crippen LogP contribution in [0.4, 0.5) is 0 Å². The lowest BCUT2D eigenvalue weighted by molar-refractivity contribution is 1.08. The lowest BCUT2D eigenvalue weighted by Gasteiger charge is -2.02. The first-order valence-corrected chi connectivity index (χ1v) is 7.40. The molecule has 2 heterocycles. The summed E-state index contributed by atoms with van der Waals surface area (Å²) in [5.74, 6) is 6.68. The molecular formula is C15H13N5S. The highest BCUT2D eigenvalue weighted by Crippen LogP contribution is 2.25. The predicted octanol–water partition coefficient (Wildman–Crippen LogP) is 1.96. The second-order valence-electron chi connectivity index (χ2n) is 4.27. The van der Waals surface area contributed by atoms with Crippen LogP contribution in [-0.2, 0) is 5.75 Å². The number of imidazole rings is 1. The molecule has 3 aromatic rings. The summed E-state index contributed by atoms with van der Waals surface area (Å²) in [4.78, 5) is 15.6. The van der Waals surface area contributed by atoms with E-state index in [0.29, 0.717) is 12.2 Å². The van der Waals surface area contributed by atoms with Crippen molar-refractivity contribution in [3.8, 4) is 11.8 Å². The molecule has 21 heavy (non-hydrogen) atoms. The van der Waals surface area contributed by atoms with Gasteiger partial charge in [0.2, 0.25) is 0 Å². The maximum Gasteiger partial charge on any atom is 0.181 e. The molecule has 104 valence electrons.